The predicted molar refractivity (Wildman–Crippen MR) is 75.7 cm³/mol. The Morgan fingerprint density at radius 2 is 2.15 bits per heavy atom. The minimum Gasteiger partial charge on any atom is -0.373 e. The molecule has 112 valence electrons. The van der Waals surface area contributed by atoms with Crippen LogP contribution in [0.4, 0.5) is 8.78 Å². The molecule has 0 spiro atoms. The van der Waals surface area contributed by atoms with E-state index in [1.165, 1.54) is 12.1 Å². The molecule has 4 heteroatoms. The highest BCUT2D eigenvalue weighted by Gasteiger charge is 2.41. The fourth-order valence-corrected chi connectivity index (χ4v) is 2.88. The molecular formula is C16H23F2NO. The van der Waals surface area contributed by atoms with Crippen molar-refractivity contribution in [3.63, 3.8) is 0 Å². The first-order valence-corrected chi connectivity index (χ1v) is 7.31. The third kappa shape index (κ3) is 2.86. The summed E-state index contributed by atoms with van der Waals surface area (Å²) in [4.78, 5) is 0. The molecule has 1 aliphatic heterocycles. The van der Waals surface area contributed by atoms with E-state index in [1.54, 1.807) is 6.92 Å². The zero-order chi connectivity index (χ0) is 14.8. The van der Waals surface area contributed by atoms with Gasteiger partial charge < -0.3 is 10.1 Å². The largest absolute Gasteiger partial charge is 0.373 e. The topological polar surface area (TPSA) is 21.3 Å². The summed E-state index contributed by atoms with van der Waals surface area (Å²) >= 11 is 0. The van der Waals surface area contributed by atoms with Crippen molar-refractivity contribution in [2.75, 3.05) is 13.2 Å². The Kier molecular flexibility index (Phi) is 4.76. The average molecular weight is 283 g/mol. The van der Waals surface area contributed by atoms with Crippen molar-refractivity contribution in [2.24, 2.45) is 0 Å². The predicted octanol–water partition coefficient (Wildman–Crippen LogP) is 3.88. The minimum absolute atomic E-state index is 0.114. The van der Waals surface area contributed by atoms with E-state index in [0.29, 0.717) is 18.7 Å². The van der Waals surface area contributed by atoms with Crippen molar-refractivity contribution in [3.8, 4) is 0 Å². The van der Waals surface area contributed by atoms with Crippen molar-refractivity contribution < 1.29 is 13.5 Å². The fourth-order valence-electron chi connectivity index (χ4n) is 2.88. The maximum absolute atomic E-state index is 14.4. The maximum Gasteiger partial charge on any atom is 0.133 e. The van der Waals surface area contributed by atoms with Crippen molar-refractivity contribution in [3.05, 3.63) is 34.9 Å². The summed E-state index contributed by atoms with van der Waals surface area (Å²) in [6, 6.07) is 2.36. The Hall–Kier alpha value is -1.00. The first-order valence-electron chi connectivity index (χ1n) is 7.31. The van der Waals surface area contributed by atoms with E-state index in [0.717, 1.165) is 19.3 Å². The van der Waals surface area contributed by atoms with Gasteiger partial charge in [-0.25, -0.2) is 8.78 Å². The molecular weight excluding hydrogens is 260 g/mol. The van der Waals surface area contributed by atoms with Gasteiger partial charge in [-0.05, 0) is 51.3 Å². The number of halogens is 2. The summed E-state index contributed by atoms with van der Waals surface area (Å²) in [7, 11) is 0. The number of benzene rings is 1. The minimum atomic E-state index is -0.551. The van der Waals surface area contributed by atoms with Crippen LogP contribution in [0.15, 0.2) is 12.1 Å². The van der Waals surface area contributed by atoms with E-state index in [-0.39, 0.29) is 5.56 Å². The molecule has 0 aromatic heterocycles. The highest BCUT2D eigenvalue weighted by atomic mass is 19.1. The van der Waals surface area contributed by atoms with Gasteiger partial charge in [-0.1, -0.05) is 13.0 Å². The summed E-state index contributed by atoms with van der Waals surface area (Å²) < 4.78 is 34.4. The van der Waals surface area contributed by atoms with E-state index in [4.69, 9.17) is 4.74 Å². The molecule has 2 atom stereocenters. The molecule has 20 heavy (non-hydrogen) atoms. The number of aryl methyl sites for hydroxylation is 1. The van der Waals surface area contributed by atoms with Gasteiger partial charge in [0.15, 0.2) is 0 Å². The van der Waals surface area contributed by atoms with Gasteiger partial charge in [0.2, 0.25) is 0 Å². The van der Waals surface area contributed by atoms with Crippen LogP contribution in [0.5, 0.6) is 0 Å². The summed E-state index contributed by atoms with van der Waals surface area (Å²) in [5.74, 6) is -0.964. The molecule has 1 fully saturated rings. The zero-order valence-electron chi connectivity index (χ0n) is 12.4. The summed E-state index contributed by atoms with van der Waals surface area (Å²) in [6.45, 7) is 6.98. The second-order valence-corrected chi connectivity index (χ2v) is 5.74. The van der Waals surface area contributed by atoms with E-state index in [1.807, 2.05) is 13.8 Å². The van der Waals surface area contributed by atoms with Crippen molar-refractivity contribution >= 4 is 0 Å². The van der Waals surface area contributed by atoms with Crippen LogP contribution in [-0.4, -0.2) is 18.8 Å². The average Bonchev–Trinajstić information content (AvgIpc) is 2.86. The van der Waals surface area contributed by atoms with Crippen LogP contribution in [0.2, 0.25) is 0 Å². The van der Waals surface area contributed by atoms with Gasteiger partial charge in [0.05, 0.1) is 11.6 Å². The third-order valence-electron chi connectivity index (χ3n) is 4.07. The molecule has 1 aliphatic rings. The third-order valence-corrected chi connectivity index (χ3v) is 4.07. The molecule has 0 aliphatic carbocycles. The maximum atomic E-state index is 14.4. The molecule has 0 saturated carbocycles. The molecule has 2 nitrogen and oxygen atoms in total. The molecule has 1 aromatic rings. The zero-order valence-corrected chi connectivity index (χ0v) is 12.4. The lowest BCUT2D eigenvalue weighted by atomic mass is 9.86. The Balaban J connectivity index is 2.43. The summed E-state index contributed by atoms with van der Waals surface area (Å²) in [6.07, 6.45) is 2.64. The molecule has 0 amide bonds. The van der Waals surface area contributed by atoms with Gasteiger partial charge in [0.1, 0.15) is 11.6 Å². The molecule has 1 aromatic carbocycles. The normalized spacial score (nSPS) is 24.1. The lowest BCUT2D eigenvalue weighted by Crippen LogP contribution is -2.42. The van der Waals surface area contributed by atoms with Gasteiger partial charge in [-0.15, -0.1) is 0 Å². The number of nitrogens with one attached hydrogen (secondary N) is 1. The SMILES string of the molecule is CCCNC(c1c(F)ccc(C)c1F)C1(C)CCCO1. The molecule has 1 N–H and O–H groups in total. The van der Waals surface area contributed by atoms with Crippen LogP contribution < -0.4 is 5.32 Å². The van der Waals surface area contributed by atoms with Crippen molar-refractivity contribution in [2.45, 2.75) is 51.7 Å². The Bertz CT molecular complexity index is 470. The number of rotatable bonds is 5. The fraction of sp³-hybridized carbons (Fsp3) is 0.625. The van der Waals surface area contributed by atoms with E-state index in [2.05, 4.69) is 5.32 Å². The molecule has 1 saturated heterocycles. The summed E-state index contributed by atoms with van der Waals surface area (Å²) in [5.41, 5.74) is 0.0270. The Morgan fingerprint density at radius 3 is 2.75 bits per heavy atom. The van der Waals surface area contributed by atoms with Crippen LogP contribution in [-0.2, 0) is 4.74 Å². The monoisotopic (exact) mass is 283 g/mol. The van der Waals surface area contributed by atoms with Gasteiger partial charge in [0, 0.05) is 12.2 Å². The Morgan fingerprint density at radius 1 is 1.40 bits per heavy atom. The quantitative estimate of drug-likeness (QED) is 0.885. The first kappa shape index (κ1) is 15.4. The van der Waals surface area contributed by atoms with Crippen molar-refractivity contribution in [1.82, 2.24) is 5.32 Å². The molecule has 0 radical (unpaired) electrons. The first-order chi connectivity index (χ1) is 9.49. The van der Waals surface area contributed by atoms with Crippen LogP contribution in [0.1, 0.15) is 50.3 Å². The Labute approximate surface area is 119 Å². The van der Waals surface area contributed by atoms with Crippen LogP contribution >= 0.6 is 0 Å². The highest BCUT2D eigenvalue weighted by Crippen LogP contribution is 2.39. The second kappa shape index (κ2) is 6.19. The molecule has 0 bridgehead atoms. The molecule has 1 heterocycles. The molecule has 2 unspecified atom stereocenters. The van der Waals surface area contributed by atoms with Crippen LogP contribution in [0.3, 0.4) is 0 Å². The number of ether oxygens (including phenoxy) is 1. The van der Waals surface area contributed by atoms with Crippen molar-refractivity contribution in [1.29, 1.82) is 0 Å². The van der Waals surface area contributed by atoms with Gasteiger partial charge in [0.25, 0.3) is 0 Å². The standard InChI is InChI=1S/C16H23F2NO/c1-4-9-19-15(16(3)8-5-10-20-16)13-12(17)7-6-11(2)14(13)18/h6-7,15,19H,4-5,8-10H2,1-3H3. The lowest BCUT2D eigenvalue weighted by molar-refractivity contribution is -0.0144. The summed E-state index contributed by atoms with van der Waals surface area (Å²) in [5, 5.41) is 3.27. The van der Waals surface area contributed by atoms with Gasteiger partial charge in [-0.3, -0.25) is 0 Å². The smallest absolute Gasteiger partial charge is 0.133 e. The van der Waals surface area contributed by atoms with Gasteiger partial charge in [-0.2, -0.15) is 0 Å². The van der Waals surface area contributed by atoms with E-state index >= 15 is 0 Å². The van der Waals surface area contributed by atoms with E-state index in [9.17, 15) is 8.78 Å². The van der Waals surface area contributed by atoms with Crippen LogP contribution in [0.25, 0.3) is 0 Å². The van der Waals surface area contributed by atoms with Gasteiger partial charge >= 0.3 is 0 Å². The highest BCUT2D eigenvalue weighted by molar-refractivity contribution is 5.31. The van der Waals surface area contributed by atoms with E-state index < -0.39 is 23.3 Å². The van der Waals surface area contributed by atoms with Crippen LogP contribution in [0, 0.1) is 18.6 Å². The second-order valence-electron chi connectivity index (χ2n) is 5.74. The lowest BCUT2D eigenvalue weighted by Gasteiger charge is -2.35. The molecule has 2 rings (SSSR count). The number of hydrogen-bond acceptors (Lipinski definition) is 2. The number of hydrogen-bond donors (Lipinski definition) is 1.